The minimum atomic E-state index is -1.53. The van der Waals surface area contributed by atoms with Crippen molar-refractivity contribution in [2.45, 2.75) is 80.1 Å². The van der Waals surface area contributed by atoms with Gasteiger partial charge in [-0.15, -0.1) is 0 Å². The van der Waals surface area contributed by atoms with Crippen LogP contribution >= 0.6 is 0 Å². The summed E-state index contributed by atoms with van der Waals surface area (Å²) in [7, 11) is 0. The zero-order valence-electron chi connectivity index (χ0n) is 23.5. The van der Waals surface area contributed by atoms with E-state index in [1.165, 1.54) is 11.1 Å². The largest absolute Gasteiger partial charge is 0.478 e. The number of carbonyl (C=O) groups is 4. The minimum absolute atomic E-state index is 0.0790. The zero-order valence-corrected chi connectivity index (χ0v) is 23.5. The standard InChI is InChI=1S/C30H42O8/c1-19(2)9-7-11-21(5)13-15-37-29(35)25-17-23(27(31)32)24(28(33)34)18-26(25)30(36)38-16-14-22(6)12-8-10-20(3)4/h9-10,17-18,21-22H,7-8,11-16H2,1-6H3,(H,31,32)(H,33,34). The first-order valence-corrected chi connectivity index (χ1v) is 13.1. The van der Waals surface area contributed by atoms with E-state index in [1.807, 2.05) is 41.5 Å². The maximum absolute atomic E-state index is 12.9. The van der Waals surface area contributed by atoms with Crippen molar-refractivity contribution in [3.05, 3.63) is 57.7 Å². The number of esters is 2. The highest BCUT2D eigenvalue weighted by Crippen LogP contribution is 2.22. The fourth-order valence-corrected chi connectivity index (χ4v) is 3.75. The van der Waals surface area contributed by atoms with Gasteiger partial charge in [-0.05, 0) is 90.2 Å². The molecule has 0 radical (unpaired) electrons. The van der Waals surface area contributed by atoms with Gasteiger partial charge < -0.3 is 19.7 Å². The van der Waals surface area contributed by atoms with Crippen molar-refractivity contribution < 1.29 is 38.9 Å². The van der Waals surface area contributed by atoms with Gasteiger partial charge in [0.25, 0.3) is 0 Å². The van der Waals surface area contributed by atoms with Gasteiger partial charge in [0.05, 0.1) is 35.5 Å². The Labute approximate surface area is 225 Å². The van der Waals surface area contributed by atoms with Gasteiger partial charge in [-0.3, -0.25) is 0 Å². The van der Waals surface area contributed by atoms with Gasteiger partial charge in [0, 0.05) is 0 Å². The maximum Gasteiger partial charge on any atom is 0.339 e. The highest BCUT2D eigenvalue weighted by atomic mass is 16.5. The van der Waals surface area contributed by atoms with Crippen molar-refractivity contribution in [3.8, 4) is 0 Å². The van der Waals surface area contributed by atoms with Crippen molar-refractivity contribution in [3.63, 3.8) is 0 Å². The monoisotopic (exact) mass is 530 g/mol. The smallest absolute Gasteiger partial charge is 0.339 e. The fraction of sp³-hybridized carbons (Fsp3) is 0.533. The summed E-state index contributed by atoms with van der Waals surface area (Å²) in [4.78, 5) is 49.1. The van der Waals surface area contributed by atoms with Gasteiger partial charge in [-0.1, -0.05) is 37.1 Å². The third kappa shape index (κ3) is 11.8. The molecule has 1 aromatic carbocycles. The fourth-order valence-electron chi connectivity index (χ4n) is 3.75. The average Bonchev–Trinajstić information content (AvgIpc) is 2.82. The van der Waals surface area contributed by atoms with E-state index in [0.29, 0.717) is 12.8 Å². The molecule has 0 saturated carbocycles. The summed E-state index contributed by atoms with van der Waals surface area (Å²) in [5, 5.41) is 19.0. The first kappa shape index (κ1) is 32.6. The number of aromatic carboxylic acids is 2. The lowest BCUT2D eigenvalue weighted by Gasteiger charge is -2.15. The number of carboxylic acids is 2. The minimum Gasteiger partial charge on any atom is -0.478 e. The van der Waals surface area contributed by atoms with E-state index in [2.05, 4.69) is 12.2 Å². The summed E-state index contributed by atoms with van der Waals surface area (Å²) in [5.41, 5.74) is 0.603. The molecule has 38 heavy (non-hydrogen) atoms. The van der Waals surface area contributed by atoms with Gasteiger partial charge >= 0.3 is 23.9 Å². The van der Waals surface area contributed by atoms with E-state index in [0.717, 1.165) is 37.8 Å². The number of allylic oxidation sites excluding steroid dienone is 4. The second kappa shape index (κ2) is 16.4. The summed E-state index contributed by atoms with van der Waals surface area (Å²) in [6.45, 7) is 12.4. The normalized spacial score (nSPS) is 12.2. The number of hydrogen-bond donors (Lipinski definition) is 2. The second-order valence-corrected chi connectivity index (χ2v) is 10.3. The molecule has 210 valence electrons. The molecule has 8 nitrogen and oxygen atoms in total. The molecule has 0 aromatic heterocycles. The van der Waals surface area contributed by atoms with Gasteiger partial charge in [0.15, 0.2) is 0 Å². The van der Waals surface area contributed by atoms with E-state index < -0.39 is 35.0 Å². The van der Waals surface area contributed by atoms with Crippen molar-refractivity contribution in [1.29, 1.82) is 0 Å². The average molecular weight is 531 g/mol. The maximum atomic E-state index is 12.9. The van der Waals surface area contributed by atoms with Crippen LogP contribution < -0.4 is 0 Å². The van der Waals surface area contributed by atoms with Crippen molar-refractivity contribution >= 4 is 23.9 Å². The van der Waals surface area contributed by atoms with E-state index in [1.54, 1.807) is 0 Å². The molecule has 0 saturated heterocycles. The number of ether oxygens (including phenoxy) is 2. The molecule has 0 aliphatic heterocycles. The van der Waals surface area contributed by atoms with E-state index in [4.69, 9.17) is 9.47 Å². The zero-order chi connectivity index (χ0) is 28.8. The molecule has 0 aliphatic rings. The van der Waals surface area contributed by atoms with Crippen molar-refractivity contribution in [1.82, 2.24) is 0 Å². The number of rotatable bonds is 16. The van der Waals surface area contributed by atoms with Crippen LogP contribution in [0.5, 0.6) is 0 Å². The second-order valence-electron chi connectivity index (χ2n) is 10.3. The van der Waals surface area contributed by atoms with Gasteiger partial charge in [-0.25, -0.2) is 19.2 Å². The summed E-state index contributed by atoms with van der Waals surface area (Å²) in [6.07, 6.45) is 9.13. The van der Waals surface area contributed by atoms with Gasteiger partial charge in [-0.2, -0.15) is 0 Å². The van der Waals surface area contributed by atoms with Crippen molar-refractivity contribution in [2.24, 2.45) is 11.8 Å². The third-order valence-electron chi connectivity index (χ3n) is 6.17. The van der Waals surface area contributed by atoms with Crippen LogP contribution in [-0.2, 0) is 9.47 Å². The van der Waals surface area contributed by atoms with Crippen LogP contribution in [0.15, 0.2) is 35.4 Å². The van der Waals surface area contributed by atoms with Crippen LogP contribution in [0.3, 0.4) is 0 Å². The Bertz CT molecular complexity index is 960. The highest BCUT2D eigenvalue weighted by molar-refractivity contribution is 6.09. The lowest BCUT2D eigenvalue weighted by atomic mass is 9.97. The SMILES string of the molecule is CC(C)=CCCC(C)CCOC(=O)c1cc(C(=O)O)c(C(=O)O)cc1C(=O)OCCC(C)CCC=C(C)C. The molecule has 1 aromatic rings. The lowest BCUT2D eigenvalue weighted by Crippen LogP contribution is -2.20. The van der Waals surface area contributed by atoms with Crippen LogP contribution in [0.1, 0.15) is 121 Å². The Morgan fingerprint density at radius 3 is 1.29 bits per heavy atom. The van der Waals surface area contributed by atoms with Crippen molar-refractivity contribution in [2.75, 3.05) is 13.2 Å². The predicted octanol–water partition coefficient (Wildman–Crippen LogP) is 6.94. The van der Waals surface area contributed by atoms with E-state index >= 15 is 0 Å². The molecular weight excluding hydrogens is 488 g/mol. The number of hydrogen-bond acceptors (Lipinski definition) is 6. The Morgan fingerprint density at radius 1 is 0.658 bits per heavy atom. The highest BCUT2D eigenvalue weighted by Gasteiger charge is 2.27. The third-order valence-corrected chi connectivity index (χ3v) is 6.17. The molecule has 2 N–H and O–H groups in total. The molecule has 0 bridgehead atoms. The molecular formula is C30H42O8. The summed E-state index contributed by atoms with van der Waals surface area (Å²) < 4.78 is 10.7. The summed E-state index contributed by atoms with van der Waals surface area (Å²) in [5.74, 6) is -4.30. The first-order chi connectivity index (χ1) is 17.8. The predicted molar refractivity (Wildman–Crippen MR) is 146 cm³/mol. The number of benzene rings is 1. The van der Waals surface area contributed by atoms with E-state index in [9.17, 15) is 29.4 Å². The Balaban J connectivity index is 3.00. The molecule has 1 rings (SSSR count). The van der Waals surface area contributed by atoms with Gasteiger partial charge in [0.1, 0.15) is 0 Å². The number of carboxylic acid groups (broad SMARTS) is 2. The van der Waals surface area contributed by atoms with Gasteiger partial charge in [0.2, 0.25) is 0 Å². The Kier molecular flexibility index (Phi) is 14.1. The summed E-state index contributed by atoms with van der Waals surface area (Å²) >= 11 is 0. The van der Waals surface area contributed by atoms with Crippen LogP contribution in [0.25, 0.3) is 0 Å². The molecule has 0 amide bonds. The topological polar surface area (TPSA) is 127 Å². The quantitative estimate of drug-likeness (QED) is 0.174. The summed E-state index contributed by atoms with van der Waals surface area (Å²) in [6, 6.07) is 1.76. The molecule has 2 atom stereocenters. The Morgan fingerprint density at radius 2 is 1.00 bits per heavy atom. The molecule has 0 fully saturated rings. The molecule has 0 spiro atoms. The first-order valence-electron chi connectivity index (χ1n) is 13.1. The molecule has 8 heteroatoms. The van der Waals surface area contributed by atoms with Crippen LogP contribution in [0, 0.1) is 11.8 Å². The number of carbonyl (C=O) groups excluding carboxylic acids is 2. The van der Waals surface area contributed by atoms with Crippen LogP contribution in [0.4, 0.5) is 0 Å². The molecule has 0 aliphatic carbocycles. The van der Waals surface area contributed by atoms with E-state index in [-0.39, 0.29) is 36.2 Å². The van der Waals surface area contributed by atoms with Crippen LogP contribution in [0.2, 0.25) is 0 Å². The van der Waals surface area contributed by atoms with Crippen LogP contribution in [-0.4, -0.2) is 47.3 Å². The Hall–Kier alpha value is -3.42. The molecule has 2 unspecified atom stereocenters. The molecule has 0 heterocycles. The lowest BCUT2D eigenvalue weighted by molar-refractivity contribution is 0.0435.